The summed E-state index contributed by atoms with van der Waals surface area (Å²) in [5.74, 6) is 0. The third-order valence-corrected chi connectivity index (χ3v) is 1.21. The summed E-state index contributed by atoms with van der Waals surface area (Å²) in [5.41, 5.74) is 1.12. The molecule has 0 N–H and O–H groups in total. The lowest BCUT2D eigenvalue weighted by Gasteiger charge is -1.91. The Hall–Kier alpha value is -1.36. The molecule has 1 aromatic rings. The summed E-state index contributed by atoms with van der Waals surface area (Å²) in [6.45, 7) is 0. The molecule has 0 aliphatic carbocycles. The van der Waals surface area contributed by atoms with Crippen LogP contribution in [0.25, 0.3) is 0 Å². The smallest absolute Gasteiger partial charge is 0.0888 e. The van der Waals surface area contributed by atoms with E-state index in [1.807, 2.05) is 6.07 Å². The zero-order chi connectivity index (χ0) is 7.23. The minimum absolute atomic E-state index is 0.567. The maximum Gasteiger partial charge on any atom is 0.0888 e. The molecule has 1 rings (SSSR count). The van der Waals surface area contributed by atoms with Gasteiger partial charge in [-0.3, -0.25) is 4.98 Å². The zero-order valence-electron chi connectivity index (χ0n) is 5.54. The standard InChI is InChI=1S/C8H7N2/c9-5-1-2-8-3-6-10-7-4-8/h3-4,6H,1-2H2. The topological polar surface area (TPSA) is 36.7 Å². The molecule has 0 aliphatic rings. The Morgan fingerprint density at radius 3 is 3.20 bits per heavy atom. The largest absolute Gasteiger partial charge is 0.255 e. The van der Waals surface area contributed by atoms with Gasteiger partial charge in [0.05, 0.1) is 12.3 Å². The normalized spacial score (nSPS) is 8.70. The van der Waals surface area contributed by atoms with Crippen molar-refractivity contribution in [2.24, 2.45) is 0 Å². The first-order chi connectivity index (χ1) is 4.93. The van der Waals surface area contributed by atoms with Gasteiger partial charge < -0.3 is 0 Å². The molecule has 1 radical (unpaired) electrons. The van der Waals surface area contributed by atoms with Crippen molar-refractivity contribution in [3.05, 3.63) is 30.1 Å². The fourth-order valence-electron chi connectivity index (χ4n) is 0.700. The van der Waals surface area contributed by atoms with E-state index in [-0.39, 0.29) is 0 Å². The number of rotatable bonds is 2. The van der Waals surface area contributed by atoms with Crippen molar-refractivity contribution in [1.29, 1.82) is 5.26 Å². The highest BCUT2D eigenvalue weighted by Crippen LogP contribution is 1.98. The number of pyridine rings is 1. The first kappa shape index (κ1) is 6.76. The maximum atomic E-state index is 8.25. The van der Waals surface area contributed by atoms with Gasteiger partial charge in [-0.1, -0.05) is 0 Å². The molecule has 0 saturated carbocycles. The highest BCUT2D eigenvalue weighted by Gasteiger charge is 1.88. The monoisotopic (exact) mass is 131 g/mol. The van der Waals surface area contributed by atoms with Crippen LogP contribution in [-0.2, 0) is 6.42 Å². The predicted molar refractivity (Wildman–Crippen MR) is 37.0 cm³/mol. The van der Waals surface area contributed by atoms with Crippen LogP contribution in [0.5, 0.6) is 0 Å². The molecule has 0 bridgehead atoms. The van der Waals surface area contributed by atoms with E-state index in [0.29, 0.717) is 6.42 Å². The van der Waals surface area contributed by atoms with Gasteiger partial charge in [0.1, 0.15) is 0 Å². The molecule has 2 heteroatoms. The molecule has 0 saturated heterocycles. The molecule has 0 amide bonds. The summed E-state index contributed by atoms with van der Waals surface area (Å²) in [6, 6.07) is 5.78. The van der Waals surface area contributed by atoms with Gasteiger partial charge in [-0.2, -0.15) is 5.26 Å². The molecular weight excluding hydrogens is 124 g/mol. The van der Waals surface area contributed by atoms with Gasteiger partial charge in [-0.15, -0.1) is 0 Å². The molecule has 1 aromatic heterocycles. The SMILES string of the molecule is N#CCCc1c[c]ncc1. The molecule has 0 atom stereocenters. The Morgan fingerprint density at radius 1 is 1.70 bits per heavy atom. The van der Waals surface area contributed by atoms with E-state index in [1.54, 1.807) is 12.3 Å². The third kappa shape index (κ3) is 1.87. The van der Waals surface area contributed by atoms with Crippen LogP contribution in [0.2, 0.25) is 0 Å². The van der Waals surface area contributed by atoms with Gasteiger partial charge in [-0.25, -0.2) is 0 Å². The fourth-order valence-corrected chi connectivity index (χ4v) is 0.700. The molecule has 2 nitrogen and oxygen atoms in total. The van der Waals surface area contributed by atoms with Crippen LogP contribution in [0.1, 0.15) is 12.0 Å². The van der Waals surface area contributed by atoms with Crippen LogP contribution in [0.4, 0.5) is 0 Å². The summed E-state index contributed by atoms with van der Waals surface area (Å²) in [4.78, 5) is 3.75. The highest BCUT2D eigenvalue weighted by atomic mass is 14.6. The highest BCUT2D eigenvalue weighted by molar-refractivity contribution is 5.09. The number of hydrogen-bond acceptors (Lipinski definition) is 2. The number of aromatic nitrogens is 1. The van der Waals surface area contributed by atoms with Crippen molar-refractivity contribution < 1.29 is 0 Å². The summed E-state index contributed by atoms with van der Waals surface area (Å²) in [6.07, 6.45) is 5.77. The van der Waals surface area contributed by atoms with Gasteiger partial charge in [0, 0.05) is 12.6 Å². The lowest BCUT2D eigenvalue weighted by atomic mass is 10.2. The first-order valence-electron chi connectivity index (χ1n) is 3.11. The molecule has 0 spiro atoms. The van der Waals surface area contributed by atoms with Gasteiger partial charge in [0.25, 0.3) is 0 Å². The van der Waals surface area contributed by atoms with E-state index >= 15 is 0 Å². The van der Waals surface area contributed by atoms with E-state index in [9.17, 15) is 0 Å². The second-order valence-corrected chi connectivity index (χ2v) is 1.95. The van der Waals surface area contributed by atoms with Crippen molar-refractivity contribution in [3.8, 4) is 6.07 Å². The van der Waals surface area contributed by atoms with E-state index in [4.69, 9.17) is 5.26 Å². The van der Waals surface area contributed by atoms with Crippen LogP contribution in [0.3, 0.4) is 0 Å². The average Bonchev–Trinajstić information content (AvgIpc) is 2.03. The van der Waals surface area contributed by atoms with Crippen LogP contribution < -0.4 is 0 Å². The lowest BCUT2D eigenvalue weighted by molar-refractivity contribution is 1.00. The average molecular weight is 131 g/mol. The second kappa shape index (κ2) is 3.62. The molecule has 10 heavy (non-hydrogen) atoms. The van der Waals surface area contributed by atoms with Gasteiger partial charge in [-0.05, 0) is 24.1 Å². The minimum Gasteiger partial charge on any atom is -0.255 e. The van der Waals surface area contributed by atoms with E-state index in [2.05, 4.69) is 17.3 Å². The molecule has 1 heterocycles. The van der Waals surface area contributed by atoms with Gasteiger partial charge in [0.2, 0.25) is 0 Å². The van der Waals surface area contributed by atoms with Crippen molar-refractivity contribution in [3.63, 3.8) is 0 Å². The Labute approximate surface area is 60.1 Å². The summed E-state index contributed by atoms with van der Waals surface area (Å²) >= 11 is 0. The molecule has 0 unspecified atom stereocenters. The van der Waals surface area contributed by atoms with Gasteiger partial charge >= 0.3 is 0 Å². The van der Waals surface area contributed by atoms with Crippen molar-refractivity contribution >= 4 is 0 Å². The quantitative estimate of drug-likeness (QED) is 0.607. The number of nitriles is 1. The Bertz CT molecular complexity index is 223. The van der Waals surface area contributed by atoms with Crippen LogP contribution in [0, 0.1) is 17.5 Å². The summed E-state index contributed by atoms with van der Waals surface area (Å²) in [7, 11) is 0. The minimum atomic E-state index is 0.567. The second-order valence-electron chi connectivity index (χ2n) is 1.95. The summed E-state index contributed by atoms with van der Waals surface area (Å²) < 4.78 is 0. The van der Waals surface area contributed by atoms with Crippen LogP contribution in [0.15, 0.2) is 18.3 Å². The molecular formula is C8H7N2. The predicted octanol–water partition coefficient (Wildman–Crippen LogP) is 1.34. The number of nitrogens with zero attached hydrogens (tertiary/aromatic N) is 2. The summed E-state index contributed by atoms with van der Waals surface area (Å²) in [5, 5.41) is 8.25. The number of aryl methyl sites for hydroxylation is 1. The van der Waals surface area contributed by atoms with Gasteiger partial charge in [0.15, 0.2) is 0 Å². The molecule has 0 aromatic carbocycles. The third-order valence-electron chi connectivity index (χ3n) is 1.21. The van der Waals surface area contributed by atoms with Crippen LogP contribution in [-0.4, -0.2) is 4.98 Å². The van der Waals surface area contributed by atoms with E-state index in [1.165, 1.54) is 0 Å². The molecule has 49 valence electrons. The van der Waals surface area contributed by atoms with E-state index < -0.39 is 0 Å². The van der Waals surface area contributed by atoms with Crippen molar-refractivity contribution in [2.75, 3.05) is 0 Å². The molecule has 0 fully saturated rings. The Balaban J connectivity index is 2.52. The lowest BCUT2D eigenvalue weighted by Crippen LogP contribution is -1.82. The zero-order valence-corrected chi connectivity index (χ0v) is 5.54. The van der Waals surface area contributed by atoms with Crippen molar-refractivity contribution in [2.45, 2.75) is 12.8 Å². The first-order valence-corrected chi connectivity index (χ1v) is 3.11. The fraction of sp³-hybridized carbons (Fsp3) is 0.250. The number of hydrogen-bond donors (Lipinski definition) is 0. The van der Waals surface area contributed by atoms with Crippen LogP contribution >= 0.6 is 0 Å². The van der Waals surface area contributed by atoms with Crippen molar-refractivity contribution in [1.82, 2.24) is 4.98 Å². The molecule has 0 aliphatic heterocycles. The maximum absolute atomic E-state index is 8.25. The van der Waals surface area contributed by atoms with E-state index in [0.717, 1.165) is 12.0 Å². The Morgan fingerprint density at radius 2 is 2.60 bits per heavy atom. The Kier molecular flexibility index (Phi) is 2.45.